The Labute approximate surface area is 88.0 Å². The minimum Gasteiger partial charge on any atom is -0.461 e. The molecular formula is C10H15N3O2. The summed E-state index contributed by atoms with van der Waals surface area (Å²) in [7, 11) is 0. The first-order valence-electron chi connectivity index (χ1n) is 5.25. The molecule has 0 aliphatic heterocycles. The second-order valence-corrected chi connectivity index (χ2v) is 3.73. The molecule has 5 heteroatoms. The van der Waals surface area contributed by atoms with Crippen molar-refractivity contribution in [3.63, 3.8) is 0 Å². The van der Waals surface area contributed by atoms with Gasteiger partial charge >= 0.3 is 5.97 Å². The van der Waals surface area contributed by atoms with Crippen molar-refractivity contribution in [1.29, 1.82) is 0 Å². The molecule has 1 heterocycles. The molecule has 0 atom stereocenters. The lowest BCUT2D eigenvalue weighted by Crippen LogP contribution is -2.11. The van der Waals surface area contributed by atoms with Gasteiger partial charge in [0.05, 0.1) is 6.61 Å². The number of anilines is 1. The highest BCUT2D eigenvalue weighted by Gasteiger charge is 2.25. The van der Waals surface area contributed by atoms with Crippen molar-refractivity contribution in [2.45, 2.75) is 32.1 Å². The zero-order valence-electron chi connectivity index (χ0n) is 8.75. The second-order valence-electron chi connectivity index (χ2n) is 3.73. The van der Waals surface area contributed by atoms with Crippen molar-refractivity contribution in [3.8, 4) is 0 Å². The third-order valence-corrected chi connectivity index (χ3v) is 2.72. The molecule has 1 aliphatic rings. The summed E-state index contributed by atoms with van der Waals surface area (Å²) in [6.45, 7) is 2.10. The standard InChI is InChI=1S/C10H15N3O2/c1-2-15-10(14)7-8(11)13-9(12-7)6-4-3-5-6/h6H,2-5,11H2,1H3,(H,12,13). The van der Waals surface area contributed by atoms with E-state index >= 15 is 0 Å². The van der Waals surface area contributed by atoms with E-state index in [2.05, 4.69) is 9.97 Å². The highest BCUT2D eigenvalue weighted by atomic mass is 16.5. The fourth-order valence-electron chi connectivity index (χ4n) is 1.64. The van der Waals surface area contributed by atoms with Crippen LogP contribution < -0.4 is 5.73 Å². The van der Waals surface area contributed by atoms with E-state index < -0.39 is 5.97 Å². The lowest BCUT2D eigenvalue weighted by molar-refractivity contribution is 0.0521. The summed E-state index contributed by atoms with van der Waals surface area (Å²) in [5.74, 6) is 1.08. The normalized spacial score (nSPS) is 16.1. The van der Waals surface area contributed by atoms with Gasteiger partial charge in [-0.25, -0.2) is 9.78 Å². The third kappa shape index (κ3) is 1.82. The monoisotopic (exact) mass is 209 g/mol. The smallest absolute Gasteiger partial charge is 0.358 e. The van der Waals surface area contributed by atoms with E-state index in [1.807, 2.05) is 0 Å². The second kappa shape index (κ2) is 3.92. The van der Waals surface area contributed by atoms with Crippen LogP contribution >= 0.6 is 0 Å². The number of ether oxygens (including phenoxy) is 1. The van der Waals surface area contributed by atoms with Crippen molar-refractivity contribution in [2.75, 3.05) is 12.3 Å². The third-order valence-electron chi connectivity index (χ3n) is 2.72. The van der Waals surface area contributed by atoms with Crippen LogP contribution in [0.25, 0.3) is 0 Å². The molecule has 0 radical (unpaired) electrons. The van der Waals surface area contributed by atoms with Crippen molar-refractivity contribution in [2.24, 2.45) is 0 Å². The summed E-state index contributed by atoms with van der Waals surface area (Å²) in [5.41, 5.74) is 5.94. The van der Waals surface area contributed by atoms with E-state index in [4.69, 9.17) is 10.5 Å². The largest absolute Gasteiger partial charge is 0.461 e. The van der Waals surface area contributed by atoms with Gasteiger partial charge in [0.2, 0.25) is 0 Å². The number of aromatic nitrogens is 2. The summed E-state index contributed by atoms with van der Waals surface area (Å²) < 4.78 is 4.86. The summed E-state index contributed by atoms with van der Waals surface area (Å²) in [6.07, 6.45) is 3.46. The molecule has 1 aromatic rings. The highest BCUT2D eigenvalue weighted by molar-refractivity contribution is 5.92. The van der Waals surface area contributed by atoms with Crippen molar-refractivity contribution in [3.05, 3.63) is 11.5 Å². The van der Waals surface area contributed by atoms with Gasteiger partial charge in [0.25, 0.3) is 0 Å². The molecular weight excluding hydrogens is 194 g/mol. The first kappa shape index (κ1) is 10.0. The average Bonchev–Trinajstić information content (AvgIpc) is 2.44. The van der Waals surface area contributed by atoms with Gasteiger partial charge in [-0.05, 0) is 19.8 Å². The molecule has 3 N–H and O–H groups in total. The highest BCUT2D eigenvalue weighted by Crippen LogP contribution is 2.35. The van der Waals surface area contributed by atoms with Crippen LogP contribution in [0.4, 0.5) is 5.82 Å². The van der Waals surface area contributed by atoms with Gasteiger partial charge in [-0.2, -0.15) is 0 Å². The Morgan fingerprint density at radius 1 is 1.67 bits per heavy atom. The molecule has 0 unspecified atom stereocenters. The fraction of sp³-hybridized carbons (Fsp3) is 0.600. The first-order valence-corrected chi connectivity index (χ1v) is 5.25. The number of nitrogens with zero attached hydrogens (tertiary/aromatic N) is 1. The van der Waals surface area contributed by atoms with Crippen LogP contribution in [0.5, 0.6) is 0 Å². The predicted octanol–water partition coefficient (Wildman–Crippen LogP) is 1.44. The van der Waals surface area contributed by atoms with Crippen LogP contribution in [-0.2, 0) is 4.74 Å². The Hall–Kier alpha value is -1.52. The summed E-state index contributed by atoms with van der Waals surface area (Å²) in [5, 5.41) is 0. The molecule has 0 spiro atoms. The number of esters is 1. The lowest BCUT2D eigenvalue weighted by atomic mass is 9.85. The van der Waals surface area contributed by atoms with Gasteiger partial charge in [-0.1, -0.05) is 6.42 Å². The van der Waals surface area contributed by atoms with Gasteiger partial charge in [0.1, 0.15) is 5.82 Å². The van der Waals surface area contributed by atoms with Crippen LogP contribution in [0.1, 0.15) is 48.4 Å². The molecule has 0 bridgehead atoms. The van der Waals surface area contributed by atoms with Gasteiger partial charge in [0, 0.05) is 5.92 Å². The Bertz CT molecular complexity index is 369. The van der Waals surface area contributed by atoms with Crippen LogP contribution in [0.15, 0.2) is 0 Å². The van der Waals surface area contributed by atoms with Gasteiger partial charge in [0.15, 0.2) is 11.5 Å². The maximum Gasteiger partial charge on any atom is 0.358 e. The molecule has 1 fully saturated rings. The number of rotatable bonds is 3. The molecule has 0 saturated heterocycles. The quantitative estimate of drug-likeness (QED) is 0.738. The van der Waals surface area contributed by atoms with Gasteiger partial charge in [-0.3, -0.25) is 0 Å². The van der Waals surface area contributed by atoms with E-state index in [0.29, 0.717) is 18.2 Å². The fourth-order valence-corrected chi connectivity index (χ4v) is 1.64. The Morgan fingerprint density at radius 2 is 2.40 bits per heavy atom. The number of aromatic amines is 1. The van der Waals surface area contributed by atoms with Crippen molar-refractivity contribution < 1.29 is 9.53 Å². The first-order chi connectivity index (χ1) is 7.22. The van der Waals surface area contributed by atoms with Crippen molar-refractivity contribution >= 4 is 11.8 Å². The predicted molar refractivity (Wildman–Crippen MR) is 55.5 cm³/mol. The van der Waals surface area contributed by atoms with E-state index in [9.17, 15) is 4.79 Å². The topological polar surface area (TPSA) is 81.0 Å². The zero-order valence-corrected chi connectivity index (χ0v) is 8.75. The van der Waals surface area contributed by atoms with E-state index in [-0.39, 0.29) is 5.82 Å². The molecule has 1 saturated carbocycles. The van der Waals surface area contributed by atoms with Crippen LogP contribution in [0.2, 0.25) is 0 Å². The Morgan fingerprint density at radius 3 is 2.93 bits per heavy atom. The van der Waals surface area contributed by atoms with Crippen molar-refractivity contribution in [1.82, 2.24) is 9.97 Å². The molecule has 1 aromatic heterocycles. The number of nitrogens with one attached hydrogen (secondary N) is 1. The minimum atomic E-state index is -0.423. The summed E-state index contributed by atoms with van der Waals surface area (Å²) in [6, 6.07) is 0. The molecule has 0 amide bonds. The van der Waals surface area contributed by atoms with Crippen LogP contribution in [0.3, 0.4) is 0 Å². The van der Waals surface area contributed by atoms with Gasteiger partial charge < -0.3 is 15.5 Å². The Balaban J connectivity index is 2.17. The number of hydrogen-bond donors (Lipinski definition) is 2. The molecule has 0 aromatic carbocycles. The van der Waals surface area contributed by atoms with Crippen LogP contribution in [-0.4, -0.2) is 22.5 Å². The van der Waals surface area contributed by atoms with Gasteiger partial charge in [-0.15, -0.1) is 0 Å². The van der Waals surface area contributed by atoms with E-state index in [1.54, 1.807) is 6.92 Å². The number of carbonyl (C=O) groups is 1. The maximum atomic E-state index is 11.4. The van der Waals surface area contributed by atoms with E-state index in [0.717, 1.165) is 18.7 Å². The average molecular weight is 209 g/mol. The molecule has 15 heavy (non-hydrogen) atoms. The number of hydrogen-bond acceptors (Lipinski definition) is 4. The minimum absolute atomic E-state index is 0.246. The van der Waals surface area contributed by atoms with Crippen LogP contribution in [0, 0.1) is 0 Å². The molecule has 5 nitrogen and oxygen atoms in total. The SMILES string of the molecule is CCOC(=O)c1[nH]c(C2CCC2)nc1N. The number of H-pyrrole nitrogens is 1. The maximum absolute atomic E-state index is 11.4. The number of imidazole rings is 1. The molecule has 2 rings (SSSR count). The van der Waals surface area contributed by atoms with E-state index in [1.165, 1.54) is 6.42 Å². The zero-order chi connectivity index (χ0) is 10.8. The molecule has 82 valence electrons. The molecule has 1 aliphatic carbocycles. The lowest BCUT2D eigenvalue weighted by Gasteiger charge is -2.22. The number of nitrogen functional groups attached to an aromatic ring is 1. The Kier molecular flexibility index (Phi) is 2.62. The number of nitrogens with two attached hydrogens (primary N) is 1. The summed E-state index contributed by atoms with van der Waals surface area (Å²) >= 11 is 0. The summed E-state index contributed by atoms with van der Waals surface area (Å²) in [4.78, 5) is 18.5. The number of carbonyl (C=O) groups excluding carboxylic acids is 1.